The molecule has 0 radical (unpaired) electrons. The van der Waals surface area contributed by atoms with Crippen molar-refractivity contribution < 1.29 is 72.0 Å². The van der Waals surface area contributed by atoms with Crippen molar-refractivity contribution in [2.24, 2.45) is 0 Å². The van der Waals surface area contributed by atoms with Gasteiger partial charge in [-0.05, 0) is 82.4 Å². The third-order valence-electron chi connectivity index (χ3n) is 12.0. The van der Waals surface area contributed by atoms with E-state index in [1.807, 2.05) is 60.7 Å². The summed E-state index contributed by atoms with van der Waals surface area (Å²) >= 11 is 6.99. The van der Waals surface area contributed by atoms with Crippen molar-refractivity contribution in [3.63, 3.8) is 0 Å². The summed E-state index contributed by atoms with van der Waals surface area (Å²) in [7, 11) is 0. The minimum absolute atomic E-state index is 0. The third-order valence-corrected chi connectivity index (χ3v) is 16.9. The van der Waals surface area contributed by atoms with Gasteiger partial charge in [0.05, 0.1) is 12.8 Å². The molecular weight excluding hydrogens is 1640 g/mol. The number of oxazole rings is 2. The maximum Gasteiger partial charge on any atom is 2.00 e. The molecule has 10 nitrogen and oxygen atoms in total. The molecule has 0 atom stereocenters. The Hall–Kier alpha value is -5.82. The van der Waals surface area contributed by atoms with E-state index in [1.165, 1.54) is 32.3 Å². The first-order valence-corrected chi connectivity index (χ1v) is 28.8. The SMILES string of the molecule is CC(C)(C)c1c[c-]c(-c2cccc(Cc3cccc(-c4[c-]cc(C(C)(C)C)s4)n3)n2)s1.Cc1c[c-]c(-c2cccc(Cc3cccc(-c4[c-]cc(C)s4)n3)n2)s1.[Pt+2].[Pt+2].[Pt+2].[c-]1ncoc1-c1cccc(Cc2cccc(-c3[c-]nco3)n2)n1. The van der Waals surface area contributed by atoms with Crippen molar-refractivity contribution in [3.05, 3.63) is 237 Å². The van der Waals surface area contributed by atoms with Crippen LogP contribution in [0.15, 0.2) is 155 Å². The molecule has 12 aromatic rings. The monoisotopic (exact) mass is 1690 g/mol. The fourth-order valence-electron chi connectivity index (χ4n) is 8.02. The zero-order valence-electron chi connectivity index (χ0n) is 46.0. The van der Waals surface area contributed by atoms with Gasteiger partial charge < -0.3 is 48.7 Å². The quantitative estimate of drug-likeness (QED) is 0.109. The number of rotatable bonds is 12. The van der Waals surface area contributed by atoms with Gasteiger partial charge in [-0.15, -0.1) is 0 Å². The van der Waals surface area contributed by atoms with E-state index in [9.17, 15) is 0 Å². The number of hydrogen-bond donors (Lipinski definition) is 0. The molecule has 0 aliphatic carbocycles. The summed E-state index contributed by atoms with van der Waals surface area (Å²) in [4.78, 5) is 45.6. The largest absolute Gasteiger partial charge is 2.00 e. The molecule has 17 heteroatoms. The van der Waals surface area contributed by atoms with Crippen LogP contribution in [0.4, 0.5) is 0 Å². The molecule has 12 aromatic heterocycles. The van der Waals surface area contributed by atoms with Crippen molar-refractivity contribution in [1.82, 2.24) is 39.9 Å². The van der Waals surface area contributed by atoms with Crippen LogP contribution in [0.2, 0.25) is 0 Å². The Labute approximate surface area is 539 Å². The summed E-state index contributed by atoms with van der Waals surface area (Å²) < 4.78 is 10.4. The number of aromatic nitrogens is 8. The molecule has 0 fully saturated rings. The number of pyridine rings is 6. The topological polar surface area (TPSA) is 129 Å². The van der Waals surface area contributed by atoms with Crippen LogP contribution in [-0.4, -0.2) is 39.9 Å². The number of hydrogen-bond acceptors (Lipinski definition) is 14. The molecule has 0 aliphatic heterocycles. The van der Waals surface area contributed by atoms with E-state index in [0.717, 1.165) is 82.9 Å². The average Bonchev–Trinajstić information content (AvgIpc) is 4.36. The Morgan fingerprint density at radius 2 is 0.634 bits per heavy atom. The van der Waals surface area contributed by atoms with Crippen LogP contribution in [0.1, 0.15) is 95.2 Å². The van der Waals surface area contributed by atoms with Gasteiger partial charge in [0.25, 0.3) is 0 Å². The molecule has 82 heavy (non-hydrogen) atoms. The molecule has 12 heterocycles. The summed E-state index contributed by atoms with van der Waals surface area (Å²) in [5.74, 6) is 1.04. The maximum atomic E-state index is 5.22. The Balaban J connectivity index is 0.000000176. The molecule has 12 rings (SSSR count). The van der Waals surface area contributed by atoms with Crippen molar-refractivity contribution in [3.8, 4) is 65.2 Å². The molecule has 0 aromatic carbocycles. The molecule has 0 saturated carbocycles. The first kappa shape index (κ1) is 63.8. The van der Waals surface area contributed by atoms with Crippen molar-refractivity contribution in [1.29, 1.82) is 0 Å². The van der Waals surface area contributed by atoms with E-state index < -0.39 is 0 Å². The van der Waals surface area contributed by atoms with Gasteiger partial charge in [-0.2, -0.15) is 48.5 Å². The van der Waals surface area contributed by atoms with Crippen molar-refractivity contribution >= 4 is 45.3 Å². The molecule has 0 amide bonds. The Morgan fingerprint density at radius 1 is 0.366 bits per heavy atom. The second-order valence-corrected chi connectivity index (χ2v) is 25.1. The molecular formula is C65H54N8O2Pt3S4. The molecule has 420 valence electrons. The molecule has 0 saturated heterocycles. The number of thiophene rings is 4. The number of nitrogens with zero attached hydrogens (tertiary/aromatic N) is 8. The van der Waals surface area contributed by atoms with Gasteiger partial charge >= 0.3 is 63.2 Å². The summed E-state index contributed by atoms with van der Waals surface area (Å²) in [6.07, 6.45) is 10.2. The van der Waals surface area contributed by atoms with E-state index in [4.69, 9.17) is 28.8 Å². The van der Waals surface area contributed by atoms with Crippen molar-refractivity contribution in [2.45, 2.75) is 85.5 Å². The van der Waals surface area contributed by atoms with Crippen molar-refractivity contribution in [2.75, 3.05) is 0 Å². The van der Waals surface area contributed by atoms with E-state index in [2.05, 4.69) is 185 Å². The predicted octanol–water partition coefficient (Wildman–Crippen LogP) is 16.4. The average molecular weight is 1690 g/mol. The van der Waals surface area contributed by atoms with Crippen LogP contribution in [-0.2, 0) is 93.3 Å². The predicted molar refractivity (Wildman–Crippen MR) is 318 cm³/mol. The first-order valence-electron chi connectivity index (χ1n) is 25.6. The van der Waals surface area contributed by atoms with Crippen LogP contribution < -0.4 is 0 Å². The van der Waals surface area contributed by atoms with Gasteiger partial charge in [0, 0.05) is 76.3 Å². The molecule has 0 spiro atoms. The minimum atomic E-state index is 0. The second kappa shape index (κ2) is 29.1. The Bertz CT molecular complexity index is 3680. The zero-order valence-corrected chi connectivity index (χ0v) is 56.0. The summed E-state index contributed by atoms with van der Waals surface area (Å²) in [5, 5.41) is 0. The van der Waals surface area contributed by atoms with Gasteiger partial charge in [-0.1, -0.05) is 167 Å². The standard InChI is InChI=1S/C27H28N2S2.C21H16N2S2.C17H10N4O2.3Pt/c1-26(2,3)24-15-13-22(30-24)20-11-7-9-18(28-20)17-19-10-8-12-21(29-19)23-14-16-25(31-23)27(4,5)6;1-14-9-11-20(24-14)18-7-3-5-16(22-18)13-17-6-4-8-19(23-17)21-12-10-15(2)25-21;1-3-12(20-14(5-1)16-8-18-10-22-16)7-13-4-2-6-15(21-13)17-9-19-11-23-17;;;/h7-12,15-16H,17H2,1-6H3;3-10H,13H2,1-2H3;1-6,10-11H,7H2;;;/q3*-2;3*+2. The van der Waals surface area contributed by atoms with E-state index >= 15 is 0 Å². The second-order valence-electron chi connectivity index (χ2n) is 20.5. The molecule has 0 aliphatic rings. The van der Waals surface area contributed by atoms with Crippen LogP contribution in [0, 0.1) is 50.5 Å². The van der Waals surface area contributed by atoms with Gasteiger partial charge in [0.1, 0.15) is 0 Å². The minimum Gasteiger partial charge on any atom is -0.525 e. The molecule has 0 unspecified atom stereocenters. The number of aryl methyl sites for hydroxylation is 2. The smallest absolute Gasteiger partial charge is 0.525 e. The maximum absolute atomic E-state index is 5.22. The van der Waals surface area contributed by atoms with Gasteiger partial charge in [-0.25, -0.2) is 45.3 Å². The molecule has 0 bridgehead atoms. The van der Waals surface area contributed by atoms with Gasteiger partial charge in [-0.3, -0.25) is 0 Å². The Morgan fingerprint density at radius 3 is 0.878 bits per heavy atom. The van der Waals surface area contributed by atoms with Crippen LogP contribution >= 0.6 is 45.3 Å². The van der Waals surface area contributed by atoms with E-state index in [1.54, 1.807) is 45.3 Å². The van der Waals surface area contributed by atoms with Crippen LogP contribution in [0.3, 0.4) is 0 Å². The fourth-order valence-corrected chi connectivity index (χ4v) is 11.5. The summed E-state index contributed by atoms with van der Waals surface area (Å²) in [6.45, 7) is 17.6. The summed E-state index contributed by atoms with van der Waals surface area (Å²) in [5.41, 5.74) is 11.4. The van der Waals surface area contributed by atoms with E-state index in [-0.39, 0.29) is 74.0 Å². The van der Waals surface area contributed by atoms with Crippen LogP contribution in [0.25, 0.3) is 65.2 Å². The first-order chi connectivity index (χ1) is 38.1. The Kier molecular flexibility index (Phi) is 22.6. The normalized spacial score (nSPS) is 11.0. The van der Waals surface area contributed by atoms with Crippen LogP contribution in [0.5, 0.6) is 0 Å². The van der Waals surface area contributed by atoms with Gasteiger partial charge in [0.15, 0.2) is 0 Å². The van der Waals surface area contributed by atoms with Gasteiger partial charge in [0.2, 0.25) is 0 Å². The summed E-state index contributed by atoms with van der Waals surface area (Å²) in [6, 6.07) is 57.8. The fraction of sp³-hybridized carbons (Fsp3) is 0.200. The zero-order chi connectivity index (χ0) is 54.9. The molecule has 0 N–H and O–H groups in total. The van der Waals surface area contributed by atoms with E-state index in [0.29, 0.717) is 35.7 Å². The third kappa shape index (κ3) is 17.2.